The first-order chi connectivity index (χ1) is 14.8. The Morgan fingerprint density at radius 1 is 1.29 bits per heavy atom. The summed E-state index contributed by atoms with van der Waals surface area (Å²) in [7, 11) is -3.60. The van der Waals surface area contributed by atoms with Crippen molar-refractivity contribution in [3.8, 4) is 6.07 Å². The molecule has 2 aliphatic carbocycles. The van der Waals surface area contributed by atoms with E-state index in [2.05, 4.69) is 20.8 Å². The summed E-state index contributed by atoms with van der Waals surface area (Å²) in [6.45, 7) is 3.44. The summed E-state index contributed by atoms with van der Waals surface area (Å²) < 4.78 is 18.3. The summed E-state index contributed by atoms with van der Waals surface area (Å²) in [5, 5.41) is 32.1. The first-order valence-corrected chi connectivity index (χ1v) is 12.0. The molecule has 1 aromatic carbocycles. The Morgan fingerprint density at radius 2 is 1.87 bits per heavy atom. The van der Waals surface area contributed by atoms with E-state index in [4.69, 9.17) is 5.14 Å². The highest BCUT2D eigenvalue weighted by atomic mass is 32.2. The van der Waals surface area contributed by atoms with Crippen LogP contribution in [-0.4, -0.2) is 25.1 Å². The summed E-state index contributed by atoms with van der Waals surface area (Å²) in [5.41, 5.74) is 5.89. The van der Waals surface area contributed by atoms with Gasteiger partial charge in [0.25, 0.3) is 0 Å². The molecule has 0 aliphatic heterocycles. The summed E-state index contributed by atoms with van der Waals surface area (Å²) >= 11 is 0. The lowest BCUT2D eigenvalue weighted by molar-refractivity contribution is 0.260. The molecule has 31 heavy (non-hydrogen) atoms. The molecule has 4 N–H and O–H groups in total. The van der Waals surface area contributed by atoms with Gasteiger partial charge in [0.1, 0.15) is 0 Å². The highest BCUT2D eigenvalue weighted by Gasteiger charge is 2.29. The number of aliphatic hydroxyl groups is 1. The van der Waals surface area contributed by atoms with E-state index in [1.165, 1.54) is 10.7 Å². The van der Waals surface area contributed by atoms with Crippen LogP contribution in [0.3, 0.4) is 0 Å². The van der Waals surface area contributed by atoms with E-state index in [0.29, 0.717) is 11.4 Å². The zero-order chi connectivity index (χ0) is 22.3. The van der Waals surface area contributed by atoms with Crippen LogP contribution in [0.5, 0.6) is 0 Å². The van der Waals surface area contributed by atoms with Crippen LogP contribution in [0.1, 0.15) is 66.2 Å². The molecule has 0 saturated heterocycles. The molecule has 1 heterocycles. The Kier molecular flexibility index (Phi) is 5.60. The third-order valence-electron chi connectivity index (χ3n) is 5.95. The molecule has 10 heteroatoms. The molecule has 2 amide bonds. The van der Waals surface area contributed by atoms with Crippen LogP contribution in [0.25, 0.3) is 0 Å². The first kappa shape index (κ1) is 21.5. The van der Waals surface area contributed by atoms with Gasteiger partial charge >= 0.3 is 6.03 Å². The van der Waals surface area contributed by atoms with Gasteiger partial charge in [-0.1, -0.05) is 0 Å². The number of anilines is 1. The molecule has 9 nitrogen and oxygen atoms in total. The molecule has 0 fully saturated rings. The van der Waals surface area contributed by atoms with Crippen molar-refractivity contribution in [1.82, 2.24) is 9.78 Å². The third kappa shape index (κ3) is 3.73. The van der Waals surface area contributed by atoms with Crippen LogP contribution in [0.4, 0.5) is 10.5 Å². The zero-order valence-electron chi connectivity index (χ0n) is 17.6. The molecule has 0 radical (unpaired) electrons. The molecule has 1 unspecified atom stereocenters. The van der Waals surface area contributed by atoms with E-state index < -0.39 is 15.9 Å². The van der Waals surface area contributed by atoms with Crippen LogP contribution >= 0.6 is 0 Å². The number of carbonyl (C=O) groups is 1. The minimum Gasteiger partial charge on any atom is -0.390 e. The molecule has 1 atom stereocenters. The predicted octanol–water partition coefficient (Wildman–Crippen LogP) is 2.74. The van der Waals surface area contributed by atoms with Crippen molar-refractivity contribution in [3.63, 3.8) is 0 Å². The number of nitriles is 1. The van der Waals surface area contributed by atoms with Crippen molar-refractivity contribution >= 4 is 21.6 Å². The topological polar surface area (TPSA) is 146 Å². The van der Waals surface area contributed by atoms with Gasteiger partial charge < -0.3 is 10.4 Å². The van der Waals surface area contributed by atoms with Crippen LogP contribution in [0, 0.1) is 11.3 Å². The monoisotopic (exact) mass is 442 g/mol. The number of hydrogen-bond acceptors (Lipinski definition) is 5. The van der Waals surface area contributed by atoms with E-state index in [1.54, 1.807) is 0 Å². The predicted molar refractivity (Wildman–Crippen MR) is 116 cm³/mol. The maximum absolute atomic E-state index is 13.0. The number of carbonyl (C=O) groups excluding carboxylic acids is 1. The second kappa shape index (κ2) is 8.07. The molecule has 0 bridgehead atoms. The second-order valence-corrected chi connectivity index (χ2v) is 9.98. The molecule has 4 rings (SSSR count). The Labute approximate surface area is 181 Å². The number of benzene rings is 1. The lowest BCUT2D eigenvalue weighted by Gasteiger charge is -2.17. The summed E-state index contributed by atoms with van der Waals surface area (Å²) in [5.74, 6) is 0. The number of nitrogens with two attached hydrogens (primary N) is 1. The first-order valence-electron chi connectivity index (χ1n) is 10.4. The fourth-order valence-corrected chi connectivity index (χ4v) is 5.55. The van der Waals surface area contributed by atoms with Crippen molar-refractivity contribution in [1.29, 1.82) is 5.26 Å². The largest absolute Gasteiger partial charge is 0.390 e. The van der Waals surface area contributed by atoms with Crippen LogP contribution < -0.4 is 10.5 Å². The van der Waals surface area contributed by atoms with Gasteiger partial charge in [-0.15, -0.1) is 4.36 Å². The van der Waals surface area contributed by atoms with E-state index in [0.717, 1.165) is 66.3 Å². The maximum Gasteiger partial charge on any atom is 0.354 e. The number of aliphatic hydroxyl groups excluding tert-OH is 1. The maximum atomic E-state index is 13.0. The highest BCUT2D eigenvalue weighted by Crippen LogP contribution is 2.41. The molecule has 0 spiro atoms. The van der Waals surface area contributed by atoms with E-state index >= 15 is 0 Å². The van der Waals surface area contributed by atoms with Crippen molar-refractivity contribution in [2.45, 2.75) is 70.0 Å². The summed E-state index contributed by atoms with van der Waals surface area (Å²) in [4.78, 5) is 12.8. The SMILES string of the molecule is CC(C)n1nc(S(N)(=O)=NC(=O)Nc2c3c(c(C#N)c4c2CCC4)CCC3)cc1CO. The van der Waals surface area contributed by atoms with Crippen molar-refractivity contribution in [2.75, 3.05) is 5.32 Å². The number of nitrogens with one attached hydrogen (secondary N) is 1. The molecular weight excluding hydrogens is 416 g/mol. The smallest absolute Gasteiger partial charge is 0.354 e. The molecule has 1 aromatic heterocycles. The fourth-order valence-electron chi connectivity index (χ4n) is 4.66. The normalized spacial score (nSPS) is 16.5. The van der Waals surface area contributed by atoms with Gasteiger partial charge in [0.05, 0.1) is 23.9 Å². The minimum atomic E-state index is -3.60. The molecule has 164 valence electrons. The fraction of sp³-hybridized carbons (Fsp3) is 0.476. The van der Waals surface area contributed by atoms with Gasteiger partial charge in [0, 0.05) is 17.8 Å². The number of rotatable bonds is 4. The number of urea groups is 1. The zero-order valence-corrected chi connectivity index (χ0v) is 18.5. The van der Waals surface area contributed by atoms with Crippen molar-refractivity contribution in [2.24, 2.45) is 9.50 Å². The molecule has 2 aliphatic rings. The number of fused-ring (bicyclic) bond motifs is 2. The van der Waals surface area contributed by atoms with Crippen LogP contribution in [0.2, 0.25) is 0 Å². The van der Waals surface area contributed by atoms with Gasteiger partial charge in [-0.05, 0) is 74.6 Å². The lowest BCUT2D eigenvalue weighted by atomic mass is 9.93. The van der Waals surface area contributed by atoms with Crippen LogP contribution in [-0.2, 0) is 42.2 Å². The van der Waals surface area contributed by atoms with E-state index in [1.807, 2.05) is 13.8 Å². The summed E-state index contributed by atoms with van der Waals surface area (Å²) in [6, 6.07) is 2.89. The molecule has 0 saturated carbocycles. The Morgan fingerprint density at radius 3 is 2.35 bits per heavy atom. The van der Waals surface area contributed by atoms with Gasteiger partial charge in [-0.2, -0.15) is 10.4 Å². The lowest BCUT2D eigenvalue weighted by Crippen LogP contribution is -2.20. The van der Waals surface area contributed by atoms with Gasteiger partial charge in [-0.3, -0.25) is 4.68 Å². The highest BCUT2D eigenvalue weighted by molar-refractivity contribution is 7.91. The number of nitrogens with zero attached hydrogens (tertiary/aromatic N) is 4. The van der Waals surface area contributed by atoms with Gasteiger partial charge in [0.2, 0.25) is 0 Å². The average molecular weight is 443 g/mol. The number of hydrogen-bond donors (Lipinski definition) is 3. The number of amides is 2. The molecular formula is C21H26N6O3S. The quantitative estimate of drug-likeness (QED) is 0.666. The summed E-state index contributed by atoms with van der Waals surface area (Å²) in [6.07, 6.45) is 5.05. The van der Waals surface area contributed by atoms with Crippen molar-refractivity contribution < 1.29 is 14.1 Å². The van der Waals surface area contributed by atoms with Crippen LogP contribution in [0.15, 0.2) is 15.5 Å². The number of aromatic nitrogens is 2. The van der Waals surface area contributed by atoms with Gasteiger partial charge in [-0.25, -0.2) is 14.1 Å². The van der Waals surface area contributed by atoms with E-state index in [-0.39, 0.29) is 17.7 Å². The van der Waals surface area contributed by atoms with Gasteiger partial charge in [0.15, 0.2) is 14.9 Å². The minimum absolute atomic E-state index is 0.0457. The molecule has 2 aromatic rings. The Hall–Kier alpha value is -2.74. The Bertz CT molecular complexity index is 1200. The van der Waals surface area contributed by atoms with E-state index in [9.17, 15) is 19.4 Å². The Balaban J connectivity index is 1.71. The van der Waals surface area contributed by atoms with Crippen molar-refractivity contribution in [3.05, 3.63) is 39.6 Å². The average Bonchev–Trinajstić information content (AvgIpc) is 3.45. The standard InChI is InChI=1S/C21H26N6O3S/c1-12(2)27-13(11-28)9-19(25-27)31(23,30)26-21(29)24-20-16-7-3-5-14(16)18(10-22)15-6-4-8-17(15)20/h9,12,28H,3-8,11H2,1-2H3,(H3,23,24,26,29,30). The third-order valence-corrected chi connectivity index (χ3v) is 7.18. The second-order valence-electron chi connectivity index (χ2n) is 8.24.